The molecule has 0 aliphatic carbocycles. The molecule has 2 aromatic rings. The fourth-order valence-electron chi connectivity index (χ4n) is 2.06. The van der Waals surface area contributed by atoms with Crippen molar-refractivity contribution in [3.05, 3.63) is 53.1 Å². The van der Waals surface area contributed by atoms with Crippen LogP contribution in [0.5, 0.6) is 5.75 Å². The van der Waals surface area contributed by atoms with E-state index in [1.807, 2.05) is 0 Å². The Labute approximate surface area is 147 Å². The van der Waals surface area contributed by atoms with Crippen molar-refractivity contribution in [2.24, 2.45) is 0 Å². The molecular formula is C17H16ClF3N2O2. The van der Waals surface area contributed by atoms with Crippen molar-refractivity contribution in [1.82, 2.24) is 0 Å². The molecule has 4 nitrogen and oxygen atoms in total. The van der Waals surface area contributed by atoms with E-state index in [0.717, 1.165) is 17.8 Å². The van der Waals surface area contributed by atoms with Gasteiger partial charge in [-0.25, -0.2) is 0 Å². The van der Waals surface area contributed by atoms with Crippen LogP contribution in [0.1, 0.15) is 12.0 Å². The van der Waals surface area contributed by atoms with Crippen LogP contribution >= 0.6 is 11.6 Å². The third-order valence-corrected chi connectivity index (χ3v) is 3.62. The number of nitrogens with one attached hydrogen (secondary N) is 2. The molecule has 134 valence electrons. The quantitative estimate of drug-likeness (QED) is 0.765. The molecule has 0 aliphatic rings. The molecule has 0 saturated heterocycles. The number of methoxy groups -OCH3 is 1. The largest absolute Gasteiger partial charge is 0.495 e. The first-order valence-corrected chi connectivity index (χ1v) is 7.72. The maximum atomic E-state index is 12.5. The summed E-state index contributed by atoms with van der Waals surface area (Å²) in [7, 11) is 1.51. The summed E-state index contributed by atoms with van der Waals surface area (Å²) in [6.07, 6.45) is -4.25. The lowest BCUT2D eigenvalue weighted by molar-refractivity contribution is -0.137. The Morgan fingerprint density at radius 3 is 2.32 bits per heavy atom. The molecule has 0 saturated carbocycles. The van der Waals surface area contributed by atoms with E-state index in [1.165, 1.54) is 19.2 Å². The van der Waals surface area contributed by atoms with Gasteiger partial charge >= 0.3 is 6.18 Å². The van der Waals surface area contributed by atoms with Gasteiger partial charge in [0.15, 0.2) is 0 Å². The molecule has 2 aromatic carbocycles. The number of hydrogen-bond donors (Lipinski definition) is 2. The maximum Gasteiger partial charge on any atom is 0.416 e. The average molecular weight is 373 g/mol. The number of alkyl halides is 3. The normalized spacial score (nSPS) is 11.1. The zero-order chi connectivity index (χ0) is 18.4. The van der Waals surface area contributed by atoms with Gasteiger partial charge in [0.2, 0.25) is 5.91 Å². The van der Waals surface area contributed by atoms with Crippen LogP contribution in [0.15, 0.2) is 42.5 Å². The Hall–Kier alpha value is -2.41. The minimum atomic E-state index is -4.40. The van der Waals surface area contributed by atoms with Gasteiger partial charge in [-0.05, 0) is 42.5 Å². The number of hydrogen-bond acceptors (Lipinski definition) is 3. The summed E-state index contributed by atoms with van der Waals surface area (Å²) in [5.74, 6) is 0.235. The van der Waals surface area contributed by atoms with E-state index < -0.39 is 11.7 Å². The van der Waals surface area contributed by atoms with E-state index in [1.54, 1.807) is 18.2 Å². The van der Waals surface area contributed by atoms with Crippen molar-refractivity contribution >= 4 is 28.9 Å². The summed E-state index contributed by atoms with van der Waals surface area (Å²) < 4.78 is 42.5. The van der Waals surface area contributed by atoms with Crippen molar-refractivity contribution in [2.45, 2.75) is 12.6 Å². The van der Waals surface area contributed by atoms with Gasteiger partial charge in [0.1, 0.15) is 5.75 Å². The Morgan fingerprint density at radius 2 is 1.76 bits per heavy atom. The second kappa shape index (κ2) is 8.11. The second-order valence-corrected chi connectivity index (χ2v) is 5.56. The van der Waals surface area contributed by atoms with Crippen LogP contribution in [0.25, 0.3) is 0 Å². The molecule has 0 fully saturated rings. The first kappa shape index (κ1) is 18.9. The minimum Gasteiger partial charge on any atom is -0.495 e. The van der Waals surface area contributed by atoms with Crippen molar-refractivity contribution < 1.29 is 22.7 Å². The number of carbonyl (C=O) groups is 1. The maximum absolute atomic E-state index is 12.5. The Bertz CT molecular complexity index is 734. The van der Waals surface area contributed by atoms with Gasteiger partial charge in [0.25, 0.3) is 0 Å². The predicted molar refractivity (Wildman–Crippen MR) is 91.2 cm³/mol. The van der Waals surface area contributed by atoms with Crippen LogP contribution in [-0.2, 0) is 11.0 Å². The summed E-state index contributed by atoms with van der Waals surface area (Å²) in [6.45, 7) is 0.342. The molecule has 0 atom stereocenters. The molecule has 0 bridgehead atoms. The van der Waals surface area contributed by atoms with Gasteiger partial charge in [-0.3, -0.25) is 4.79 Å². The first-order valence-electron chi connectivity index (χ1n) is 7.34. The van der Waals surface area contributed by atoms with Crippen LogP contribution in [-0.4, -0.2) is 19.6 Å². The number of benzene rings is 2. The average Bonchev–Trinajstić information content (AvgIpc) is 2.54. The molecule has 8 heteroatoms. The third-order valence-electron chi connectivity index (χ3n) is 3.33. The molecule has 2 rings (SSSR count). The van der Waals surface area contributed by atoms with Gasteiger partial charge in [-0.15, -0.1) is 0 Å². The van der Waals surface area contributed by atoms with Crippen molar-refractivity contribution in [3.8, 4) is 5.75 Å². The zero-order valence-corrected chi connectivity index (χ0v) is 14.0. The lowest BCUT2D eigenvalue weighted by Gasteiger charge is -2.10. The van der Waals surface area contributed by atoms with Gasteiger partial charge in [-0.1, -0.05) is 11.6 Å². The fraction of sp³-hybridized carbons (Fsp3) is 0.235. The van der Waals surface area contributed by atoms with Crippen LogP contribution in [0.3, 0.4) is 0 Å². The number of carbonyl (C=O) groups excluding carboxylic acids is 1. The molecule has 0 aromatic heterocycles. The van der Waals surface area contributed by atoms with E-state index in [-0.39, 0.29) is 12.3 Å². The van der Waals surface area contributed by atoms with E-state index in [0.29, 0.717) is 23.0 Å². The predicted octanol–water partition coefficient (Wildman–Crippen LogP) is 4.81. The molecule has 0 spiro atoms. The Kier molecular flexibility index (Phi) is 6.14. The topological polar surface area (TPSA) is 50.4 Å². The lowest BCUT2D eigenvalue weighted by Crippen LogP contribution is -2.16. The molecule has 0 radical (unpaired) electrons. The Morgan fingerprint density at radius 1 is 1.12 bits per heavy atom. The number of ether oxygens (including phenoxy) is 1. The number of halogens is 4. The smallest absolute Gasteiger partial charge is 0.416 e. The highest BCUT2D eigenvalue weighted by atomic mass is 35.5. The second-order valence-electron chi connectivity index (χ2n) is 5.15. The molecule has 2 N–H and O–H groups in total. The first-order chi connectivity index (χ1) is 11.8. The summed E-state index contributed by atoms with van der Waals surface area (Å²) in [6, 6.07) is 9.43. The minimum absolute atomic E-state index is 0.144. The fourth-order valence-corrected chi connectivity index (χ4v) is 2.32. The van der Waals surface area contributed by atoms with Gasteiger partial charge < -0.3 is 15.4 Å². The summed E-state index contributed by atoms with van der Waals surface area (Å²) in [5, 5.41) is 6.02. The molecule has 0 unspecified atom stereocenters. The van der Waals surface area contributed by atoms with Gasteiger partial charge in [0.05, 0.1) is 17.7 Å². The highest BCUT2D eigenvalue weighted by Crippen LogP contribution is 2.30. The molecule has 0 heterocycles. The van der Waals surface area contributed by atoms with Gasteiger partial charge in [0, 0.05) is 24.3 Å². The lowest BCUT2D eigenvalue weighted by atomic mass is 10.2. The van der Waals surface area contributed by atoms with Crippen LogP contribution in [0.2, 0.25) is 5.02 Å². The van der Waals surface area contributed by atoms with E-state index in [9.17, 15) is 18.0 Å². The SMILES string of the molecule is COc1ccc(NCCC(=O)Nc2ccc(C(F)(F)F)cc2)cc1Cl. The number of amides is 1. The summed E-state index contributed by atoms with van der Waals surface area (Å²) >= 11 is 6.00. The van der Waals surface area contributed by atoms with Crippen LogP contribution in [0.4, 0.5) is 24.5 Å². The molecule has 0 aliphatic heterocycles. The van der Waals surface area contributed by atoms with Crippen LogP contribution < -0.4 is 15.4 Å². The summed E-state index contributed by atoms with van der Waals surface area (Å²) in [5.41, 5.74) is 0.280. The van der Waals surface area contributed by atoms with E-state index in [2.05, 4.69) is 10.6 Å². The molecular weight excluding hydrogens is 357 g/mol. The summed E-state index contributed by atoms with van der Waals surface area (Å²) in [4.78, 5) is 11.8. The highest BCUT2D eigenvalue weighted by molar-refractivity contribution is 6.32. The monoisotopic (exact) mass is 372 g/mol. The highest BCUT2D eigenvalue weighted by Gasteiger charge is 2.29. The van der Waals surface area contributed by atoms with Crippen molar-refractivity contribution in [3.63, 3.8) is 0 Å². The van der Waals surface area contributed by atoms with Crippen molar-refractivity contribution in [2.75, 3.05) is 24.3 Å². The van der Waals surface area contributed by atoms with E-state index >= 15 is 0 Å². The third kappa shape index (κ3) is 5.56. The Balaban J connectivity index is 1.82. The number of anilines is 2. The standard InChI is InChI=1S/C17H16ClF3N2O2/c1-25-15-7-6-13(10-14(15)18)22-9-8-16(24)23-12-4-2-11(3-5-12)17(19,20)21/h2-7,10,22H,8-9H2,1H3,(H,23,24). The molecule has 25 heavy (non-hydrogen) atoms. The number of rotatable bonds is 6. The van der Waals surface area contributed by atoms with Crippen LogP contribution in [0, 0.1) is 0 Å². The van der Waals surface area contributed by atoms with E-state index in [4.69, 9.17) is 16.3 Å². The van der Waals surface area contributed by atoms with Crippen molar-refractivity contribution in [1.29, 1.82) is 0 Å². The zero-order valence-electron chi connectivity index (χ0n) is 13.3. The van der Waals surface area contributed by atoms with Gasteiger partial charge in [-0.2, -0.15) is 13.2 Å². The molecule has 1 amide bonds.